The first-order chi connectivity index (χ1) is 19.1. The van der Waals surface area contributed by atoms with Crippen molar-refractivity contribution in [1.29, 1.82) is 0 Å². The summed E-state index contributed by atoms with van der Waals surface area (Å²) in [6, 6.07) is 46.2. The minimum Gasteiger partial charge on any atom is -0.423 e. The van der Waals surface area contributed by atoms with Crippen LogP contribution >= 0.6 is 0 Å². The summed E-state index contributed by atoms with van der Waals surface area (Å²) in [4.78, 5) is 9.90. The molecule has 0 radical (unpaired) electrons. The van der Waals surface area contributed by atoms with Crippen molar-refractivity contribution in [1.82, 2.24) is 9.97 Å². The quantitative estimate of drug-likeness (QED) is 0.255. The Morgan fingerprint density at radius 3 is 1.54 bits per heavy atom. The van der Waals surface area contributed by atoms with E-state index in [2.05, 4.69) is 42.5 Å². The Labute approximate surface area is 228 Å². The van der Waals surface area contributed by atoms with E-state index in [1.807, 2.05) is 84.9 Å². The van der Waals surface area contributed by atoms with Crippen molar-refractivity contribution in [3.63, 3.8) is 0 Å². The molecule has 0 unspecified atom stereocenters. The van der Waals surface area contributed by atoms with Crippen molar-refractivity contribution in [3.8, 4) is 56.2 Å². The van der Waals surface area contributed by atoms with E-state index in [0.29, 0.717) is 11.3 Å². The Morgan fingerprint density at radius 2 is 0.872 bits per heavy atom. The van der Waals surface area contributed by atoms with Gasteiger partial charge in [0.2, 0.25) is 0 Å². The molecule has 0 fully saturated rings. The molecule has 1 aromatic heterocycles. The molecule has 0 aliphatic rings. The van der Waals surface area contributed by atoms with Crippen LogP contribution in [0.15, 0.2) is 140 Å². The van der Waals surface area contributed by atoms with Crippen LogP contribution in [-0.4, -0.2) is 27.1 Å². The molecule has 5 heteroatoms. The van der Waals surface area contributed by atoms with Crippen LogP contribution in [0, 0.1) is 0 Å². The predicted molar refractivity (Wildman–Crippen MR) is 159 cm³/mol. The molecule has 6 rings (SSSR count). The van der Waals surface area contributed by atoms with Gasteiger partial charge in [0.05, 0.1) is 11.4 Å². The van der Waals surface area contributed by atoms with Gasteiger partial charge in [-0.25, -0.2) is 9.97 Å². The topological polar surface area (TPSA) is 66.2 Å². The third-order valence-corrected chi connectivity index (χ3v) is 6.72. The molecule has 0 aliphatic carbocycles. The highest BCUT2D eigenvalue weighted by atomic mass is 16.4. The average molecular weight is 504 g/mol. The standard InChI is InChI=1S/C34H25BN2O2/c38-35(39)31-16-8-14-29(22-31)28-13-7-15-30(21-28)33-23-32(36-34(37-33)27-11-5-2-6-12-27)26-19-17-25(18-20-26)24-9-3-1-4-10-24/h1-23,38-39H. The van der Waals surface area contributed by atoms with Crippen LogP contribution in [0.25, 0.3) is 56.2 Å². The van der Waals surface area contributed by atoms with E-state index in [0.717, 1.165) is 44.8 Å². The van der Waals surface area contributed by atoms with Gasteiger partial charge in [-0.1, -0.05) is 127 Å². The fourth-order valence-corrected chi connectivity index (χ4v) is 4.66. The zero-order chi connectivity index (χ0) is 26.6. The molecule has 186 valence electrons. The maximum Gasteiger partial charge on any atom is 0.488 e. The summed E-state index contributed by atoms with van der Waals surface area (Å²) in [5.74, 6) is 0.658. The van der Waals surface area contributed by atoms with Gasteiger partial charge in [0.15, 0.2) is 5.82 Å². The van der Waals surface area contributed by atoms with Crippen LogP contribution in [0.1, 0.15) is 0 Å². The minimum atomic E-state index is -1.51. The molecule has 0 saturated heterocycles. The van der Waals surface area contributed by atoms with Crippen LogP contribution in [0.5, 0.6) is 0 Å². The van der Waals surface area contributed by atoms with E-state index in [1.54, 1.807) is 12.1 Å². The van der Waals surface area contributed by atoms with Gasteiger partial charge >= 0.3 is 7.12 Å². The van der Waals surface area contributed by atoms with E-state index in [-0.39, 0.29) is 0 Å². The molecule has 4 nitrogen and oxygen atoms in total. The summed E-state index contributed by atoms with van der Waals surface area (Å²) >= 11 is 0. The van der Waals surface area contributed by atoms with Crippen LogP contribution in [-0.2, 0) is 0 Å². The molecule has 0 amide bonds. The Morgan fingerprint density at radius 1 is 0.385 bits per heavy atom. The van der Waals surface area contributed by atoms with Crippen molar-refractivity contribution >= 4 is 12.6 Å². The number of benzene rings is 5. The Hall–Kier alpha value is -4.84. The van der Waals surface area contributed by atoms with E-state index in [9.17, 15) is 10.0 Å². The van der Waals surface area contributed by atoms with Crippen LogP contribution in [0.2, 0.25) is 0 Å². The van der Waals surface area contributed by atoms with Crippen LogP contribution in [0.4, 0.5) is 0 Å². The summed E-state index contributed by atoms with van der Waals surface area (Å²) < 4.78 is 0. The lowest BCUT2D eigenvalue weighted by atomic mass is 9.79. The zero-order valence-electron chi connectivity index (χ0n) is 21.1. The fraction of sp³-hybridized carbons (Fsp3) is 0. The normalized spacial score (nSPS) is 10.8. The molecule has 39 heavy (non-hydrogen) atoms. The van der Waals surface area contributed by atoms with Gasteiger partial charge in [-0.3, -0.25) is 0 Å². The molecule has 0 aliphatic heterocycles. The van der Waals surface area contributed by atoms with Crippen molar-refractivity contribution in [2.45, 2.75) is 0 Å². The molecule has 0 bridgehead atoms. The van der Waals surface area contributed by atoms with Gasteiger partial charge < -0.3 is 10.0 Å². The second-order valence-electron chi connectivity index (χ2n) is 9.35. The van der Waals surface area contributed by atoms with Crippen molar-refractivity contribution < 1.29 is 10.0 Å². The Bertz CT molecular complexity index is 1720. The van der Waals surface area contributed by atoms with E-state index >= 15 is 0 Å². The van der Waals surface area contributed by atoms with E-state index < -0.39 is 7.12 Å². The van der Waals surface area contributed by atoms with Gasteiger partial charge in [0.25, 0.3) is 0 Å². The number of hydrogen-bond acceptors (Lipinski definition) is 4. The molecule has 0 spiro atoms. The van der Waals surface area contributed by atoms with Crippen molar-refractivity contribution in [2.75, 3.05) is 0 Å². The van der Waals surface area contributed by atoms with E-state index in [1.165, 1.54) is 5.56 Å². The summed E-state index contributed by atoms with van der Waals surface area (Å²) in [6.45, 7) is 0. The second kappa shape index (κ2) is 10.9. The van der Waals surface area contributed by atoms with Crippen molar-refractivity contribution in [2.24, 2.45) is 0 Å². The third-order valence-electron chi connectivity index (χ3n) is 6.72. The van der Waals surface area contributed by atoms with Crippen LogP contribution < -0.4 is 5.46 Å². The summed E-state index contributed by atoms with van der Waals surface area (Å²) in [5.41, 5.74) is 9.20. The summed E-state index contributed by atoms with van der Waals surface area (Å²) in [5, 5.41) is 19.3. The third kappa shape index (κ3) is 5.41. The van der Waals surface area contributed by atoms with Gasteiger partial charge in [0, 0.05) is 16.7 Å². The highest BCUT2D eigenvalue weighted by Crippen LogP contribution is 2.31. The Balaban J connectivity index is 1.44. The predicted octanol–water partition coefficient (Wildman–Crippen LogP) is 6.49. The molecule has 0 saturated carbocycles. The SMILES string of the molecule is OB(O)c1cccc(-c2cccc(-c3cc(-c4ccc(-c5ccccc5)cc4)nc(-c4ccccc4)n3)c2)c1. The molecule has 6 aromatic rings. The maximum atomic E-state index is 9.63. The average Bonchev–Trinajstić information content (AvgIpc) is 3.02. The lowest BCUT2D eigenvalue weighted by Crippen LogP contribution is -2.29. The van der Waals surface area contributed by atoms with Gasteiger partial charge in [-0.2, -0.15) is 0 Å². The molecule has 5 aromatic carbocycles. The molecule has 0 atom stereocenters. The Kier molecular flexibility index (Phi) is 6.83. The number of aromatic nitrogens is 2. The first kappa shape index (κ1) is 24.5. The minimum absolute atomic E-state index is 0.451. The van der Waals surface area contributed by atoms with Gasteiger partial charge in [-0.05, 0) is 39.8 Å². The monoisotopic (exact) mass is 504 g/mol. The zero-order valence-corrected chi connectivity index (χ0v) is 21.1. The number of nitrogens with zero attached hydrogens (tertiary/aromatic N) is 2. The van der Waals surface area contributed by atoms with Crippen LogP contribution in [0.3, 0.4) is 0 Å². The highest BCUT2D eigenvalue weighted by molar-refractivity contribution is 6.58. The number of rotatable bonds is 6. The van der Waals surface area contributed by atoms with Crippen molar-refractivity contribution in [3.05, 3.63) is 140 Å². The van der Waals surface area contributed by atoms with Gasteiger partial charge in [0.1, 0.15) is 0 Å². The van der Waals surface area contributed by atoms with E-state index in [4.69, 9.17) is 9.97 Å². The molecular weight excluding hydrogens is 479 g/mol. The summed E-state index contributed by atoms with van der Waals surface area (Å²) in [7, 11) is -1.51. The molecular formula is C34H25BN2O2. The summed E-state index contributed by atoms with van der Waals surface area (Å²) in [6.07, 6.45) is 0. The number of hydrogen-bond donors (Lipinski definition) is 2. The fourth-order valence-electron chi connectivity index (χ4n) is 4.66. The second-order valence-corrected chi connectivity index (χ2v) is 9.35. The smallest absolute Gasteiger partial charge is 0.423 e. The molecule has 1 heterocycles. The van der Waals surface area contributed by atoms with Gasteiger partial charge in [-0.15, -0.1) is 0 Å². The highest BCUT2D eigenvalue weighted by Gasteiger charge is 2.14. The first-order valence-corrected chi connectivity index (χ1v) is 12.8. The largest absolute Gasteiger partial charge is 0.488 e. The molecule has 2 N–H and O–H groups in total. The maximum absolute atomic E-state index is 9.63. The lowest BCUT2D eigenvalue weighted by molar-refractivity contribution is 0.426. The first-order valence-electron chi connectivity index (χ1n) is 12.8. The lowest BCUT2D eigenvalue weighted by Gasteiger charge is -2.11.